The minimum atomic E-state index is -0.639. The molecule has 2 radical (unpaired) electrons. The average Bonchev–Trinajstić information content (AvgIpc) is 3.31. The summed E-state index contributed by atoms with van der Waals surface area (Å²) < 4.78 is 13.6. The molecule has 6 nitrogen and oxygen atoms in total. The third-order valence-corrected chi connectivity index (χ3v) is 6.72. The Morgan fingerprint density at radius 2 is 1.82 bits per heavy atom. The first kappa shape index (κ1) is 24.5. The quantitative estimate of drug-likeness (QED) is 0.294. The van der Waals surface area contributed by atoms with Crippen molar-refractivity contribution >= 4 is 49.3 Å². The molecule has 0 aliphatic heterocycles. The van der Waals surface area contributed by atoms with E-state index in [0.29, 0.717) is 31.7 Å². The van der Waals surface area contributed by atoms with Crippen LogP contribution >= 0.6 is 11.6 Å². The molecule has 4 aromatic rings. The highest BCUT2D eigenvalue weighted by molar-refractivity contribution is 6.31. The van der Waals surface area contributed by atoms with Gasteiger partial charge in [-0.2, -0.15) is 5.10 Å². The predicted octanol–water partition coefficient (Wildman–Crippen LogP) is 7.32. The molecular formula is C26H30ClN3O3Si. The Bertz CT molecular complexity index is 1370. The van der Waals surface area contributed by atoms with Crippen molar-refractivity contribution in [2.24, 2.45) is 0 Å². The van der Waals surface area contributed by atoms with Crippen LogP contribution in [0.3, 0.4) is 0 Å². The van der Waals surface area contributed by atoms with E-state index in [2.05, 4.69) is 44.0 Å². The Kier molecular flexibility index (Phi) is 6.40. The largest absolute Gasteiger partial charge is 0.443 e. The summed E-state index contributed by atoms with van der Waals surface area (Å²) in [4.78, 5) is 13.4. The van der Waals surface area contributed by atoms with Gasteiger partial charge in [-0.3, -0.25) is 5.10 Å². The molecule has 0 amide bonds. The fourth-order valence-electron chi connectivity index (χ4n) is 3.78. The van der Waals surface area contributed by atoms with E-state index in [0.717, 1.165) is 27.4 Å². The van der Waals surface area contributed by atoms with Crippen molar-refractivity contribution in [1.82, 2.24) is 14.8 Å². The van der Waals surface area contributed by atoms with Crippen LogP contribution in [0, 0.1) is 0 Å². The standard InChI is InChI=1S/C26H30ClN3O3Si/c1-15(2)34-33-26(6,7)17-8-11-21-16(12-17)13-22(30(21)24(31)32-25(3,4)5)23-19-10-9-18(27)14-20(19)28-29-23/h8-15H,1-7H3,(H,28,29). The van der Waals surface area contributed by atoms with Gasteiger partial charge in [-0.05, 0) is 82.1 Å². The topological polar surface area (TPSA) is 69.1 Å². The van der Waals surface area contributed by atoms with E-state index in [9.17, 15) is 4.79 Å². The normalized spacial score (nSPS) is 12.7. The van der Waals surface area contributed by atoms with Gasteiger partial charge in [0.25, 0.3) is 0 Å². The zero-order chi connectivity index (χ0) is 24.8. The van der Waals surface area contributed by atoms with Crippen LogP contribution in [0.25, 0.3) is 33.2 Å². The number of aromatic nitrogens is 3. The number of hydrogen-bond acceptors (Lipinski definition) is 4. The molecule has 4 rings (SSSR count). The van der Waals surface area contributed by atoms with Crippen molar-refractivity contribution in [3.05, 3.63) is 53.1 Å². The van der Waals surface area contributed by atoms with Crippen LogP contribution in [0.4, 0.5) is 4.79 Å². The smallest absolute Gasteiger partial charge is 0.419 e. The number of carbonyl (C=O) groups is 1. The number of nitrogens with zero attached hydrogens (tertiary/aromatic N) is 2. The minimum absolute atomic E-state index is 0.400. The van der Waals surface area contributed by atoms with E-state index < -0.39 is 17.3 Å². The lowest BCUT2D eigenvalue weighted by atomic mass is 9.97. The van der Waals surface area contributed by atoms with Crippen LogP contribution < -0.4 is 0 Å². The lowest BCUT2D eigenvalue weighted by Gasteiger charge is -2.27. The lowest BCUT2D eigenvalue weighted by Crippen LogP contribution is -2.27. The summed E-state index contributed by atoms with van der Waals surface area (Å²) in [5.41, 5.74) is 3.27. The van der Waals surface area contributed by atoms with Gasteiger partial charge < -0.3 is 9.16 Å². The molecule has 0 bridgehead atoms. The van der Waals surface area contributed by atoms with Gasteiger partial charge in [0.1, 0.15) is 11.3 Å². The van der Waals surface area contributed by atoms with E-state index in [1.165, 1.54) is 0 Å². The molecule has 0 saturated carbocycles. The highest BCUT2D eigenvalue weighted by atomic mass is 35.5. The number of fused-ring (bicyclic) bond motifs is 2. The maximum Gasteiger partial charge on any atom is 0.419 e. The molecule has 0 unspecified atom stereocenters. The molecule has 1 N–H and O–H groups in total. The van der Waals surface area contributed by atoms with Gasteiger partial charge in [-0.25, -0.2) is 9.36 Å². The molecule has 0 saturated heterocycles. The third kappa shape index (κ3) is 4.92. The first-order valence-electron chi connectivity index (χ1n) is 11.3. The molecular weight excluding hydrogens is 466 g/mol. The van der Waals surface area contributed by atoms with Gasteiger partial charge in [0, 0.05) is 15.8 Å². The number of carbonyl (C=O) groups excluding carboxylic acids is 1. The lowest BCUT2D eigenvalue weighted by molar-refractivity contribution is 0.0547. The second-order valence-corrected chi connectivity index (χ2v) is 12.3. The van der Waals surface area contributed by atoms with Crippen molar-refractivity contribution in [3.63, 3.8) is 0 Å². The van der Waals surface area contributed by atoms with Crippen LogP contribution in [0.5, 0.6) is 0 Å². The van der Waals surface area contributed by atoms with Gasteiger partial charge in [0.2, 0.25) is 9.76 Å². The highest BCUT2D eigenvalue weighted by Crippen LogP contribution is 2.35. The number of H-pyrrole nitrogens is 1. The fraction of sp³-hybridized carbons (Fsp3) is 0.385. The number of aromatic amines is 1. The number of ether oxygens (including phenoxy) is 1. The Labute approximate surface area is 207 Å². The molecule has 34 heavy (non-hydrogen) atoms. The van der Waals surface area contributed by atoms with Crippen molar-refractivity contribution in [3.8, 4) is 11.4 Å². The summed E-state index contributed by atoms with van der Waals surface area (Å²) in [5.74, 6) is 0. The zero-order valence-electron chi connectivity index (χ0n) is 20.6. The molecule has 0 aliphatic rings. The summed E-state index contributed by atoms with van der Waals surface area (Å²) >= 11 is 6.16. The molecule has 2 heterocycles. The van der Waals surface area contributed by atoms with Crippen LogP contribution in [0.1, 0.15) is 54.0 Å². The van der Waals surface area contributed by atoms with Crippen LogP contribution in [0.2, 0.25) is 10.6 Å². The van der Waals surface area contributed by atoms with Crippen molar-refractivity contribution in [2.45, 2.75) is 65.2 Å². The zero-order valence-corrected chi connectivity index (χ0v) is 22.4. The number of hydrogen-bond donors (Lipinski definition) is 1. The van der Waals surface area contributed by atoms with Crippen LogP contribution in [-0.2, 0) is 14.8 Å². The molecule has 0 atom stereocenters. The van der Waals surface area contributed by atoms with Gasteiger partial charge in [-0.15, -0.1) is 0 Å². The van der Waals surface area contributed by atoms with Gasteiger partial charge >= 0.3 is 6.09 Å². The maximum absolute atomic E-state index is 13.4. The Morgan fingerprint density at radius 1 is 1.09 bits per heavy atom. The van der Waals surface area contributed by atoms with E-state index in [-0.39, 0.29) is 0 Å². The summed E-state index contributed by atoms with van der Waals surface area (Å²) in [6.07, 6.45) is -0.452. The van der Waals surface area contributed by atoms with E-state index in [1.54, 1.807) is 4.57 Å². The predicted molar refractivity (Wildman–Crippen MR) is 139 cm³/mol. The summed E-state index contributed by atoms with van der Waals surface area (Å²) in [6, 6.07) is 13.6. The van der Waals surface area contributed by atoms with Gasteiger partial charge in [-0.1, -0.05) is 31.5 Å². The number of nitrogens with one attached hydrogen (secondary N) is 1. The molecule has 2 aromatic carbocycles. The summed E-state index contributed by atoms with van der Waals surface area (Å²) in [7, 11) is 0.400. The van der Waals surface area contributed by atoms with E-state index in [4.69, 9.17) is 20.8 Å². The summed E-state index contributed by atoms with van der Waals surface area (Å²) in [6.45, 7) is 14.0. The fourth-order valence-corrected chi connectivity index (χ4v) is 4.60. The Hall–Kier alpha value is -2.61. The number of benzene rings is 2. The molecule has 0 aliphatic carbocycles. The number of halogens is 1. The Balaban J connectivity index is 1.89. The van der Waals surface area contributed by atoms with Crippen LogP contribution in [0.15, 0.2) is 42.5 Å². The SMILES string of the molecule is CC(C)[Si]OC(C)(C)c1ccc2c(c1)cc(-c1n[nH]c3cc(Cl)ccc13)n2C(=O)OC(C)(C)C. The average molecular weight is 496 g/mol. The summed E-state index contributed by atoms with van der Waals surface area (Å²) in [5, 5.41) is 9.96. The first-order chi connectivity index (χ1) is 15.9. The molecule has 2 aromatic heterocycles. The molecule has 8 heteroatoms. The Morgan fingerprint density at radius 3 is 2.50 bits per heavy atom. The monoisotopic (exact) mass is 495 g/mol. The second kappa shape index (κ2) is 8.87. The van der Waals surface area contributed by atoms with Crippen molar-refractivity contribution < 1.29 is 14.0 Å². The minimum Gasteiger partial charge on any atom is -0.443 e. The first-order valence-corrected chi connectivity index (χ1v) is 12.7. The van der Waals surface area contributed by atoms with Crippen LogP contribution in [-0.4, -0.2) is 36.2 Å². The highest BCUT2D eigenvalue weighted by Gasteiger charge is 2.27. The maximum atomic E-state index is 13.4. The molecule has 0 fully saturated rings. The van der Waals surface area contributed by atoms with Gasteiger partial charge in [0.05, 0.1) is 22.3 Å². The van der Waals surface area contributed by atoms with Gasteiger partial charge in [0.15, 0.2) is 0 Å². The second-order valence-electron chi connectivity index (χ2n) is 10.3. The van der Waals surface area contributed by atoms with Crippen molar-refractivity contribution in [1.29, 1.82) is 0 Å². The number of rotatable bonds is 5. The van der Waals surface area contributed by atoms with Crippen molar-refractivity contribution in [2.75, 3.05) is 0 Å². The van der Waals surface area contributed by atoms with E-state index in [1.807, 2.05) is 57.2 Å². The third-order valence-electron chi connectivity index (χ3n) is 5.39. The molecule has 178 valence electrons. The van der Waals surface area contributed by atoms with E-state index >= 15 is 0 Å². The molecule has 0 spiro atoms.